The molecule has 4 nitrogen and oxygen atoms in total. The van der Waals surface area contributed by atoms with E-state index in [-0.39, 0.29) is 0 Å². The molecule has 2 unspecified atom stereocenters. The van der Waals surface area contributed by atoms with Crippen LogP contribution in [0.1, 0.15) is 6.92 Å². The van der Waals surface area contributed by atoms with Gasteiger partial charge in [-0.05, 0) is 19.1 Å². The Balaban J connectivity index is 1.79. The van der Waals surface area contributed by atoms with Gasteiger partial charge in [0.2, 0.25) is 0 Å². The van der Waals surface area contributed by atoms with Crippen molar-refractivity contribution in [1.29, 1.82) is 0 Å². The fourth-order valence-corrected chi connectivity index (χ4v) is 2.61. The van der Waals surface area contributed by atoms with E-state index in [1.54, 1.807) is 0 Å². The molecular weight excluding hydrogens is 214 g/mol. The molecule has 92 valence electrons. The number of anilines is 2. The zero-order valence-corrected chi connectivity index (χ0v) is 10.1. The van der Waals surface area contributed by atoms with Crippen molar-refractivity contribution in [3.8, 4) is 0 Å². The van der Waals surface area contributed by atoms with Gasteiger partial charge in [-0.1, -0.05) is 12.1 Å². The normalized spacial score (nSPS) is 29.0. The summed E-state index contributed by atoms with van der Waals surface area (Å²) >= 11 is 0. The predicted molar refractivity (Wildman–Crippen MR) is 69.3 cm³/mol. The number of para-hydroxylation sites is 2. The zero-order chi connectivity index (χ0) is 11.7. The lowest BCUT2D eigenvalue weighted by Crippen LogP contribution is -2.56. The largest absolute Gasteiger partial charge is 0.379 e. The summed E-state index contributed by atoms with van der Waals surface area (Å²) in [6.45, 7) is 5.92. The number of ether oxygens (including phenoxy) is 1. The summed E-state index contributed by atoms with van der Waals surface area (Å²) in [4.78, 5) is 2.46. The molecule has 1 saturated heterocycles. The maximum atomic E-state index is 5.41. The van der Waals surface area contributed by atoms with Crippen LogP contribution in [0, 0.1) is 0 Å². The molecule has 0 aromatic heterocycles. The second-order valence-corrected chi connectivity index (χ2v) is 4.72. The van der Waals surface area contributed by atoms with Crippen LogP contribution in [0.5, 0.6) is 0 Å². The third-order valence-electron chi connectivity index (χ3n) is 3.53. The molecule has 2 N–H and O–H groups in total. The molecule has 4 heteroatoms. The molecule has 3 rings (SSSR count). The van der Waals surface area contributed by atoms with Crippen molar-refractivity contribution < 1.29 is 4.74 Å². The molecule has 1 aromatic carbocycles. The van der Waals surface area contributed by atoms with E-state index in [4.69, 9.17) is 4.74 Å². The maximum absolute atomic E-state index is 5.41. The minimum atomic E-state index is 0.355. The second kappa shape index (κ2) is 4.55. The number of nitrogens with one attached hydrogen (secondary N) is 2. The fraction of sp³-hybridized carbons (Fsp3) is 0.538. The standard InChI is InChI=1S/C13H19N3O/c1-10-13(16-6-8-17-9-7-16)15-12-5-3-2-4-11(12)14-10/h2-5,10,13-15H,6-9H2,1H3. The number of rotatable bonds is 1. The highest BCUT2D eigenvalue weighted by Crippen LogP contribution is 2.29. The summed E-state index contributed by atoms with van der Waals surface area (Å²) in [7, 11) is 0. The van der Waals surface area contributed by atoms with Crippen LogP contribution in [0.25, 0.3) is 0 Å². The van der Waals surface area contributed by atoms with E-state index in [0.29, 0.717) is 12.2 Å². The minimum absolute atomic E-state index is 0.355. The summed E-state index contributed by atoms with van der Waals surface area (Å²) in [6, 6.07) is 8.79. The molecule has 2 heterocycles. The summed E-state index contributed by atoms with van der Waals surface area (Å²) in [5, 5.41) is 7.19. The summed E-state index contributed by atoms with van der Waals surface area (Å²) in [5.41, 5.74) is 2.40. The molecule has 0 amide bonds. The highest BCUT2D eigenvalue weighted by atomic mass is 16.5. The maximum Gasteiger partial charge on any atom is 0.0999 e. The van der Waals surface area contributed by atoms with Gasteiger partial charge in [0.1, 0.15) is 0 Å². The van der Waals surface area contributed by atoms with Gasteiger partial charge in [-0.25, -0.2) is 0 Å². The minimum Gasteiger partial charge on any atom is -0.379 e. The van der Waals surface area contributed by atoms with Crippen LogP contribution in [0.15, 0.2) is 24.3 Å². The number of hydrogen-bond acceptors (Lipinski definition) is 4. The van der Waals surface area contributed by atoms with E-state index in [9.17, 15) is 0 Å². The van der Waals surface area contributed by atoms with Gasteiger partial charge in [0.05, 0.1) is 36.8 Å². The Labute approximate surface area is 102 Å². The van der Waals surface area contributed by atoms with Crippen molar-refractivity contribution in [2.24, 2.45) is 0 Å². The third kappa shape index (κ3) is 2.10. The molecular formula is C13H19N3O. The number of benzene rings is 1. The lowest BCUT2D eigenvalue weighted by Gasteiger charge is -2.42. The van der Waals surface area contributed by atoms with Gasteiger partial charge in [-0.3, -0.25) is 4.90 Å². The first-order valence-electron chi connectivity index (χ1n) is 6.28. The third-order valence-corrected chi connectivity index (χ3v) is 3.53. The molecule has 1 aromatic rings. The van der Waals surface area contributed by atoms with Crippen LogP contribution in [0.2, 0.25) is 0 Å². The van der Waals surface area contributed by atoms with Gasteiger partial charge >= 0.3 is 0 Å². The number of nitrogens with zero attached hydrogens (tertiary/aromatic N) is 1. The Hall–Kier alpha value is -1.26. The predicted octanol–water partition coefficient (Wildman–Crippen LogP) is 1.57. The molecule has 2 aliphatic rings. The number of morpholine rings is 1. The van der Waals surface area contributed by atoms with Crippen LogP contribution < -0.4 is 10.6 Å². The lowest BCUT2D eigenvalue weighted by molar-refractivity contribution is 0.0190. The topological polar surface area (TPSA) is 36.5 Å². The van der Waals surface area contributed by atoms with Crippen LogP contribution >= 0.6 is 0 Å². The zero-order valence-electron chi connectivity index (χ0n) is 10.1. The molecule has 0 saturated carbocycles. The molecule has 2 aliphatic heterocycles. The van der Waals surface area contributed by atoms with Crippen LogP contribution in [0.3, 0.4) is 0 Å². The molecule has 2 atom stereocenters. The summed E-state index contributed by atoms with van der Waals surface area (Å²) < 4.78 is 5.41. The number of fused-ring (bicyclic) bond motifs is 1. The van der Waals surface area contributed by atoms with Crippen molar-refractivity contribution in [2.75, 3.05) is 36.9 Å². The monoisotopic (exact) mass is 233 g/mol. The quantitative estimate of drug-likeness (QED) is 0.772. The van der Waals surface area contributed by atoms with E-state index in [1.807, 2.05) is 0 Å². The van der Waals surface area contributed by atoms with Crippen molar-refractivity contribution in [3.05, 3.63) is 24.3 Å². The Kier molecular flexibility index (Phi) is 2.91. The Morgan fingerprint density at radius 1 is 1.12 bits per heavy atom. The van der Waals surface area contributed by atoms with Gasteiger partial charge in [0.15, 0.2) is 0 Å². The van der Waals surface area contributed by atoms with Crippen molar-refractivity contribution in [1.82, 2.24) is 4.90 Å². The number of hydrogen-bond donors (Lipinski definition) is 2. The first-order valence-corrected chi connectivity index (χ1v) is 6.28. The second-order valence-electron chi connectivity index (χ2n) is 4.72. The van der Waals surface area contributed by atoms with Crippen LogP contribution in [-0.2, 0) is 4.74 Å². The molecule has 0 aliphatic carbocycles. The highest BCUT2D eigenvalue weighted by Gasteiger charge is 2.29. The van der Waals surface area contributed by atoms with Crippen molar-refractivity contribution >= 4 is 11.4 Å². The van der Waals surface area contributed by atoms with Gasteiger partial charge < -0.3 is 15.4 Å². The van der Waals surface area contributed by atoms with Gasteiger partial charge in [0.25, 0.3) is 0 Å². The van der Waals surface area contributed by atoms with Gasteiger partial charge in [-0.2, -0.15) is 0 Å². The molecule has 17 heavy (non-hydrogen) atoms. The Morgan fingerprint density at radius 2 is 1.76 bits per heavy atom. The van der Waals surface area contributed by atoms with E-state index in [2.05, 4.69) is 46.7 Å². The van der Waals surface area contributed by atoms with Crippen LogP contribution in [-0.4, -0.2) is 43.4 Å². The lowest BCUT2D eigenvalue weighted by atomic mass is 10.1. The SMILES string of the molecule is CC1Nc2ccccc2NC1N1CCOCC1. The van der Waals surface area contributed by atoms with E-state index in [0.717, 1.165) is 26.3 Å². The smallest absolute Gasteiger partial charge is 0.0999 e. The van der Waals surface area contributed by atoms with E-state index >= 15 is 0 Å². The van der Waals surface area contributed by atoms with Crippen molar-refractivity contribution in [2.45, 2.75) is 19.1 Å². The molecule has 0 spiro atoms. The molecule has 0 bridgehead atoms. The average molecular weight is 233 g/mol. The Morgan fingerprint density at radius 3 is 2.47 bits per heavy atom. The summed E-state index contributed by atoms with van der Waals surface area (Å²) in [6.07, 6.45) is 0.355. The fourth-order valence-electron chi connectivity index (χ4n) is 2.61. The highest BCUT2D eigenvalue weighted by molar-refractivity contribution is 5.71. The molecule has 0 radical (unpaired) electrons. The van der Waals surface area contributed by atoms with Crippen molar-refractivity contribution in [3.63, 3.8) is 0 Å². The first kappa shape index (κ1) is 10.9. The van der Waals surface area contributed by atoms with Gasteiger partial charge in [0, 0.05) is 13.1 Å². The summed E-state index contributed by atoms with van der Waals surface area (Å²) in [5.74, 6) is 0. The van der Waals surface area contributed by atoms with Gasteiger partial charge in [-0.15, -0.1) is 0 Å². The average Bonchev–Trinajstić information content (AvgIpc) is 2.39. The Bertz CT molecular complexity index is 390. The van der Waals surface area contributed by atoms with Crippen LogP contribution in [0.4, 0.5) is 11.4 Å². The van der Waals surface area contributed by atoms with E-state index < -0.39 is 0 Å². The first-order chi connectivity index (χ1) is 8.34. The van der Waals surface area contributed by atoms with E-state index in [1.165, 1.54) is 11.4 Å². The molecule has 1 fully saturated rings.